The molecule has 1 aromatic heterocycles. The van der Waals surface area contributed by atoms with Gasteiger partial charge in [0.1, 0.15) is 0 Å². The van der Waals surface area contributed by atoms with Crippen LogP contribution in [0.3, 0.4) is 0 Å². The van der Waals surface area contributed by atoms with E-state index in [-0.39, 0.29) is 11.9 Å². The molecule has 0 aliphatic carbocycles. The lowest BCUT2D eigenvalue weighted by Crippen LogP contribution is -2.44. The van der Waals surface area contributed by atoms with E-state index in [9.17, 15) is 4.79 Å². The number of aromatic nitrogens is 2. The summed E-state index contributed by atoms with van der Waals surface area (Å²) in [4.78, 5) is 14.0. The van der Waals surface area contributed by atoms with Crippen LogP contribution in [-0.2, 0) is 24.8 Å². The molecule has 114 valence electrons. The number of aryl methyl sites for hydroxylation is 2. The molecule has 20 heavy (non-hydrogen) atoms. The zero-order chi connectivity index (χ0) is 15.3. The topological polar surface area (TPSA) is 50.2 Å². The molecule has 0 bridgehead atoms. The molecule has 1 heterocycles. The Balaban J connectivity index is 2.68. The Bertz CT molecular complexity index is 454. The van der Waals surface area contributed by atoms with Crippen LogP contribution in [0.4, 0.5) is 0 Å². The van der Waals surface area contributed by atoms with Crippen LogP contribution in [0.2, 0.25) is 5.02 Å². The number of likely N-dealkylation sites (N-methyl/N-ethyl adjacent to an activating group) is 1. The number of carbonyl (C=O) groups excluding carboxylic acids is 1. The molecule has 1 N–H and O–H groups in total. The van der Waals surface area contributed by atoms with Crippen LogP contribution in [0.1, 0.15) is 39.1 Å². The van der Waals surface area contributed by atoms with Gasteiger partial charge in [-0.25, -0.2) is 0 Å². The Morgan fingerprint density at radius 3 is 2.45 bits per heavy atom. The van der Waals surface area contributed by atoms with Crippen LogP contribution < -0.4 is 5.32 Å². The average molecular weight is 301 g/mol. The van der Waals surface area contributed by atoms with Crippen LogP contribution >= 0.6 is 11.6 Å². The molecule has 0 fully saturated rings. The smallest absolute Gasteiger partial charge is 0.239 e. The fraction of sp³-hybridized carbons (Fsp3) is 0.714. The van der Waals surface area contributed by atoms with E-state index >= 15 is 0 Å². The summed E-state index contributed by atoms with van der Waals surface area (Å²) in [6.45, 7) is 9.88. The van der Waals surface area contributed by atoms with Crippen LogP contribution in [0.5, 0.6) is 0 Å². The van der Waals surface area contributed by atoms with Gasteiger partial charge in [0.05, 0.1) is 22.5 Å². The molecule has 1 atom stereocenters. The highest BCUT2D eigenvalue weighted by Crippen LogP contribution is 2.20. The van der Waals surface area contributed by atoms with Crippen molar-refractivity contribution in [3.05, 3.63) is 16.4 Å². The van der Waals surface area contributed by atoms with Gasteiger partial charge in [-0.1, -0.05) is 18.5 Å². The average Bonchev–Trinajstić information content (AvgIpc) is 2.72. The number of carbonyl (C=O) groups is 1. The number of nitrogens with zero attached hydrogens (tertiary/aromatic N) is 3. The normalized spacial score (nSPS) is 12.5. The molecule has 6 heteroatoms. The Kier molecular flexibility index (Phi) is 6.49. The van der Waals surface area contributed by atoms with Gasteiger partial charge in [0.25, 0.3) is 0 Å². The number of amides is 1. The minimum atomic E-state index is -0.231. The van der Waals surface area contributed by atoms with Crippen LogP contribution in [0.15, 0.2) is 0 Å². The second kappa shape index (κ2) is 7.64. The number of nitrogens with one attached hydrogen (secondary N) is 1. The second-order valence-electron chi connectivity index (χ2n) is 4.80. The monoisotopic (exact) mass is 300 g/mol. The fourth-order valence-electron chi connectivity index (χ4n) is 2.16. The van der Waals surface area contributed by atoms with Crippen LogP contribution in [0, 0.1) is 0 Å². The Labute approximate surface area is 126 Å². The van der Waals surface area contributed by atoms with Gasteiger partial charge in [-0.05, 0) is 27.2 Å². The standard InChI is InChI=1S/C14H25ClN4O/c1-6-11-13(15)12(18(5)17-11)9-16-10(4)14(20)19(7-2)8-3/h10,16H,6-9H2,1-5H3. The number of halogens is 1. The summed E-state index contributed by atoms with van der Waals surface area (Å²) < 4.78 is 1.78. The summed E-state index contributed by atoms with van der Waals surface area (Å²) in [6, 6.07) is -0.231. The summed E-state index contributed by atoms with van der Waals surface area (Å²) in [5.41, 5.74) is 1.82. The van der Waals surface area contributed by atoms with Gasteiger partial charge in [-0.2, -0.15) is 5.10 Å². The maximum Gasteiger partial charge on any atom is 0.239 e. The van der Waals surface area contributed by atoms with Gasteiger partial charge in [0, 0.05) is 26.7 Å². The molecule has 0 saturated heterocycles. The zero-order valence-corrected chi connectivity index (χ0v) is 13.8. The van der Waals surface area contributed by atoms with Crippen LogP contribution in [-0.4, -0.2) is 39.7 Å². The van der Waals surface area contributed by atoms with E-state index in [0.717, 1.165) is 30.9 Å². The molecule has 1 rings (SSSR count). The van der Waals surface area contributed by atoms with E-state index in [1.807, 2.05) is 39.6 Å². The third kappa shape index (κ3) is 3.73. The first kappa shape index (κ1) is 17.0. The van der Waals surface area contributed by atoms with E-state index < -0.39 is 0 Å². The lowest BCUT2D eigenvalue weighted by Gasteiger charge is -2.23. The molecule has 0 saturated carbocycles. The quantitative estimate of drug-likeness (QED) is 0.838. The minimum absolute atomic E-state index is 0.115. The van der Waals surface area contributed by atoms with Gasteiger partial charge in [-0.15, -0.1) is 0 Å². The van der Waals surface area contributed by atoms with E-state index in [4.69, 9.17) is 11.6 Å². The highest BCUT2D eigenvalue weighted by Gasteiger charge is 2.19. The molecule has 5 nitrogen and oxygen atoms in total. The Morgan fingerprint density at radius 2 is 2.00 bits per heavy atom. The molecule has 0 radical (unpaired) electrons. The van der Waals surface area contributed by atoms with Gasteiger partial charge >= 0.3 is 0 Å². The molecule has 0 aliphatic rings. The molecule has 1 amide bonds. The Morgan fingerprint density at radius 1 is 1.40 bits per heavy atom. The van der Waals surface area contributed by atoms with Crippen molar-refractivity contribution in [1.29, 1.82) is 0 Å². The fourth-order valence-corrected chi connectivity index (χ4v) is 2.52. The van der Waals surface area contributed by atoms with Crippen molar-refractivity contribution < 1.29 is 4.79 Å². The SMILES string of the molecule is CCc1nn(C)c(CNC(C)C(=O)N(CC)CC)c1Cl. The number of hydrogen-bond donors (Lipinski definition) is 1. The van der Waals surface area contributed by atoms with Gasteiger partial charge in [0.15, 0.2) is 0 Å². The van der Waals surface area contributed by atoms with Crippen molar-refractivity contribution in [2.75, 3.05) is 13.1 Å². The summed E-state index contributed by atoms with van der Waals surface area (Å²) in [7, 11) is 1.87. The van der Waals surface area contributed by atoms with Gasteiger partial charge in [0.2, 0.25) is 5.91 Å². The van der Waals surface area contributed by atoms with Gasteiger partial charge < -0.3 is 10.2 Å². The molecule has 1 unspecified atom stereocenters. The first-order valence-electron chi connectivity index (χ1n) is 7.18. The number of hydrogen-bond acceptors (Lipinski definition) is 3. The molecular weight excluding hydrogens is 276 g/mol. The largest absolute Gasteiger partial charge is 0.342 e. The molecule has 0 spiro atoms. The van der Waals surface area contributed by atoms with E-state index in [0.29, 0.717) is 11.6 Å². The summed E-state index contributed by atoms with van der Waals surface area (Å²) in [5.74, 6) is 0.115. The van der Waals surface area contributed by atoms with E-state index in [2.05, 4.69) is 10.4 Å². The summed E-state index contributed by atoms with van der Waals surface area (Å²) >= 11 is 6.29. The first-order valence-corrected chi connectivity index (χ1v) is 7.56. The van der Waals surface area contributed by atoms with E-state index in [1.165, 1.54) is 0 Å². The molecule has 0 aromatic carbocycles. The highest BCUT2D eigenvalue weighted by molar-refractivity contribution is 6.31. The van der Waals surface area contributed by atoms with Crippen molar-refractivity contribution in [1.82, 2.24) is 20.0 Å². The third-order valence-corrected chi connectivity index (χ3v) is 3.96. The zero-order valence-electron chi connectivity index (χ0n) is 13.0. The lowest BCUT2D eigenvalue weighted by atomic mass is 10.2. The van der Waals surface area contributed by atoms with Crippen molar-refractivity contribution in [2.45, 2.75) is 46.7 Å². The summed E-state index contributed by atoms with van der Waals surface area (Å²) in [6.07, 6.45) is 0.806. The second-order valence-corrected chi connectivity index (χ2v) is 5.18. The predicted molar refractivity (Wildman–Crippen MR) is 81.8 cm³/mol. The minimum Gasteiger partial charge on any atom is -0.342 e. The van der Waals surface area contributed by atoms with E-state index in [1.54, 1.807) is 4.68 Å². The van der Waals surface area contributed by atoms with Gasteiger partial charge in [-0.3, -0.25) is 9.48 Å². The van der Waals surface area contributed by atoms with Crippen LogP contribution in [0.25, 0.3) is 0 Å². The predicted octanol–water partition coefficient (Wildman–Crippen LogP) is 1.98. The summed E-state index contributed by atoms with van der Waals surface area (Å²) in [5, 5.41) is 8.30. The van der Waals surface area contributed by atoms with Crippen molar-refractivity contribution in [3.8, 4) is 0 Å². The number of rotatable bonds is 7. The van der Waals surface area contributed by atoms with Crippen molar-refractivity contribution in [3.63, 3.8) is 0 Å². The Hall–Kier alpha value is -1.07. The van der Waals surface area contributed by atoms with Crippen molar-refractivity contribution in [2.24, 2.45) is 7.05 Å². The lowest BCUT2D eigenvalue weighted by molar-refractivity contribution is -0.132. The molecular formula is C14H25ClN4O. The molecule has 0 aliphatic heterocycles. The third-order valence-electron chi connectivity index (χ3n) is 3.52. The first-order chi connectivity index (χ1) is 9.46. The maximum absolute atomic E-state index is 12.2. The maximum atomic E-state index is 12.2. The van der Waals surface area contributed by atoms with Crippen molar-refractivity contribution >= 4 is 17.5 Å². The highest BCUT2D eigenvalue weighted by atomic mass is 35.5. The molecule has 1 aromatic rings.